The predicted octanol–water partition coefficient (Wildman–Crippen LogP) is 0.639. The summed E-state index contributed by atoms with van der Waals surface area (Å²) in [6.45, 7) is 1.66. The Bertz CT molecular complexity index is 655. The molecule has 6 heteroatoms. The van der Waals surface area contributed by atoms with Crippen molar-refractivity contribution in [3.05, 3.63) is 34.9 Å². The molecule has 114 valence electrons. The molecule has 1 amide bonds. The van der Waals surface area contributed by atoms with E-state index in [1.807, 2.05) is 18.2 Å². The van der Waals surface area contributed by atoms with Crippen LogP contribution < -0.4 is 10.6 Å². The molecule has 21 heavy (non-hydrogen) atoms. The van der Waals surface area contributed by atoms with Crippen molar-refractivity contribution in [2.24, 2.45) is 0 Å². The second kappa shape index (κ2) is 5.77. The van der Waals surface area contributed by atoms with E-state index in [-0.39, 0.29) is 23.5 Å². The highest BCUT2D eigenvalue weighted by molar-refractivity contribution is 7.91. The Morgan fingerprint density at radius 1 is 1.33 bits per heavy atom. The Labute approximate surface area is 125 Å². The molecule has 0 saturated carbocycles. The number of rotatable bonds is 2. The number of sulfone groups is 1. The van der Waals surface area contributed by atoms with Crippen molar-refractivity contribution in [2.45, 2.75) is 31.8 Å². The van der Waals surface area contributed by atoms with Crippen molar-refractivity contribution < 1.29 is 13.2 Å². The fraction of sp³-hybridized carbons (Fsp3) is 0.533. The molecule has 0 spiro atoms. The van der Waals surface area contributed by atoms with Gasteiger partial charge in [-0.05, 0) is 43.0 Å². The zero-order valence-electron chi connectivity index (χ0n) is 11.9. The molecule has 0 bridgehead atoms. The molecule has 2 aliphatic rings. The average molecular weight is 308 g/mol. The number of nitrogens with one attached hydrogen (secondary N) is 2. The zero-order valence-corrected chi connectivity index (χ0v) is 12.7. The average Bonchev–Trinajstić information content (AvgIpc) is 2.45. The first-order valence-electron chi connectivity index (χ1n) is 7.38. The summed E-state index contributed by atoms with van der Waals surface area (Å²) >= 11 is 0. The first-order valence-corrected chi connectivity index (χ1v) is 9.20. The number of hydrogen-bond donors (Lipinski definition) is 2. The SMILES string of the molecule is O=C(NC1CCCS(=O)(=O)C1)c1cccc2c1CCNC2. The fourth-order valence-electron chi connectivity index (χ4n) is 3.14. The van der Waals surface area contributed by atoms with Crippen molar-refractivity contribution in [2.75, 3.05) is 18.1 Å². The summed E-state index contributed by atoms with van der Waals surface area (Å²) in [6.07, 6.45) is 2.20. The van der Waals surface area contributed by atoms with E-state index in [9.17, 15) is 13.2 Å². The largest absolute Gasteiger partial charge is 0.348 e. The van der Waals surface area contributed by atoms with Gasteiger partial charge in [0.15, 0.2) is 9.84 Å². The minimum absolute atomic E-state index is 0.0648. The van der Waals surface area contributed by atoms with Crippen LogP contribution in [0.2, 0.25) is 0 Å². The normalized spacial score (nSPS) is 24.1. The van der Waals surface area contributed by atoms with Gasteiger partial charge < -0.3 is 10.6 Å². The van der Waals surface area contributed by atoms with E-state index in [1.54, 1.807) is 0 Å². The zero-order chi connectivity index (χ0) is 14.9. The summed E-state index contributed by atoms with van der Waals surface area (Å²) in [7, 11) is -3.00. The monoisotopic (exact) mass is 308 g/mol. The lowest BCUT2D eigenvalue weighted by Crippen LogP contribution is -2.43. The van der Waals surface area contributed by atoms with Crippen LogP contribution in [0.15, 0.2) is 18.2 Å². The number of hydrogen-bond acceptors (Lipinski definition) is 4. The van der Waals surface area contributed by atoms with E-state index in [1.165, 1.54) is 0 Å². The van der Waals surface area contributed by atoms with Crippen LogP contribution in [-0.2, 0) is 22.8 Å². The smallest absolute Gasteiger partial charge is 0.251 e. The maximum atomic E-state index is 12.5. The van der Waals surface area contributed by atoms with Gasteiger partial charge in [-0.15, -0.1) is 0 Å². The van der Waals surface area contributed by atoms with Crippen molar-refractivity contribution in [1.29, 1.82) is 0 Å². The van der Waals surface area contributed by atoms with Crippen LogP contribution in [0.25, 0.3) is 0 Å². The number of fused-ring (bicyclic) bond motifs is 1. The molecule has 5 nitrogen and oxygen atoms in total. The Hall–Kier alpha value is -1.40. The Morgan fingerprint density at radius 2 is 2.19 bits per heavy atom. The quantitative estimate of drug-likeness (QED) is 0.841. The predicted molar refractivity (Wildman–Crippen MR) is 81.0 cm³/mol. The second-order valence-electron chi connectivity index (χ2n) is 5.80. The van der Waals surface area contributed by atoms with Crippen molar-refractivity contribution in [3.63, 3.8) is 0 Å². The summed E-state index contributed by atoms with van der Waals surface area (Å²) in [5, 5.41) is 6.19. The molecule has 0 radical (unpaired) electrons. The standard InChI is InChI=1S/C15H20N2O3S/c18-15(17-12-4-2-8-21(19,20)10-12)14-5-1-3-11-9-16-7-6-13(11)14/h1,3,5,12,16H,2,4,6-10H2,(H,17,18). The molecule has 2 heterocycles. The molecule has 2 N–H and O–H groups in total. The van der Waals surface area contributed by atoms with Gasteiger partial charge in [-0.1, -0.05) is 12.1 Å². The van der Waals surface area contributed by atoms with E-state index in [4.69, 9.17) is 0 Å². The highest BCUT2D eigenvalue weighted by atomic mass is 32.2. The van der Waals surface area contributed by atoms with Gasteiger partial charge in [0, 0.05) is 18.2 Å². The summed E-state index contributed by atoms with van der Waals surface area (Å²) in [4.78, 5) is 12.5. The van der Waals surface area contributed by atoms with Crippen LogP contribution in [0.5, 0.6) is 0 Å². The van der Waals surface area contributed by atoms with Gasteiger partial charge in [-0.25, -0.2) is 8.42 Å². The molecular formula is C15H20N2O3S. The van der Waals surface area contributed by atoms with Gasteiger partial charge >= 0.3 is 0 Å². The van der Waals surface area contributed by atoms with E-state index in [0.29, 0.717) is 12.0 Å². The molecule has 1 aromatic rings. The van der Waals surface area contributed by atoms with Crippen LogP contribution >= 0.6 is 0 Å². The van der Waals surface area contributed by atoms with E-state index >= 15 is 0 Å². The number of amides is 1. The molecule has 0 aromatic heterocycles. The third kappa shape index (κ3) is 3.27. The molecule has 3 rings (SSSR count). The van der Waals surface area contributed by atoms with Gasteiger partial charge in [0.1, 0.15) is 0 Å². The van der Waals surface area contributed by atoms with Crippen molar-refractivity contribution in [1.82, 2.24) is 10.6 Å². The highest BCUT2D eigenvalue weighted by Crippen LogP contribution is 2.19. The molecule has 1 unspecified atom stereocenters. The first-order chi connectivity index (χ1) is 10.1. The molecule has 1 atom stereocenters. The Morgan fingerprint density at radius 3 is 3.00 bits per heavy atom. The third-order valence-electron chi connectivity index (χ3n) is 4.18. The molecule has 0 aliphatic carbocycles. The lowest BCUT2D eigenvalue weighted by Gasteiger charge is -2.25. The minimum atomic E-state index is -3.00. The van der Waals surface area contributed by atoms with Crippen LogP contribution in [-0.4, -0.2) is 38.4 Å². The summed E-state index contributed by atoms with van der Waals surface area (Å²) < 4.78 is 23.3. The van der Waals surface area contributed by atoms with Gasteiger partial charge in [-0.3, -0.25) is 4.79 Å². The third-order valence-corrected chi connectivity index (χ3v) is 6.00. The Kier molecular flexibility index (Phi) is 3.99. The lowest BCUT2D eigenvalue weighted by atomic mass is 9.95. The summed E-state index contributed by atoms with van der Waals surface area (Å²) in [6, 6.07) is 5.49. The molecule has 1 aromatic carbocycles. The lowest BCUT2D eigenvalue weighted by molar-refractivity contribution is 0.0937. The maximum absolute atomic E-state index is 12.5. The van der Waals surface area contributed by atoms with E-state index in [2.05, 4.69) is 10.6 Å². The maximum Gasteiger partial charge on any atom is 0.251 e. The number of carbonyl (C=O) groups is 1. The summed E-state index contributed by atoms with van der Waals surface area (Å²) in [5.41, 5.74) is 2.94. The number of carbonyl (C=O) groups excluding carboxylic acids is 1. The molecule has 2 aliphatic heterocycles. The van der Waals surface area contributed by atoms with Crippen LogP contribution in [0.3, 0.4) is 0 Å². The minimum Gasteiger partial charge on any atom is -0.348 e. The number of benzene rings is 1. The summed E-state index contributed by atoms with van der Waals surface area (Å²) in [5.74, 6) is 0.164. The van der Waals surface area contributed by atoms with E-state index < -0.39 is 9.84 Å². The molecular weight excluding hydrogens is 288 g/mol. The highest BCUT2D eigenvalue weighted by Gasteiger charge is 2.27. The van der Waals surface area contributed by atoms with Gasteiger partial charge in [0.2, 0.25) is 0 Å². The van der Waals surface area contributed by atoms with Crippen molar-refractivity contribution in [3.8, 4) is 0 Å². The van der Waals surface area contributed by atoms with Crippen LogP contribution in [0.1, 0.15) is 34.3 Å². The first kappa shape index (κ1) is 14.5. The van der Waals surface area contributed by atoms with Gasteiger partial charge in [-0.2, -0.15) is 0 Å². The van der Waals surface area contributed by atoms with Gasteiger partial charge in [0.25, 0.3) is 5.91 Å². The van der Waals surface area contributed by atoms with Crippen molar-refractivity contribution >= 4 is 15.7 Å². The Balaban J connectivity index is 1.77. The topological polar surface area (TPSA) is 75.3 Å². The fourth-order valence-corrected chi connectivity index (χ4v) is 4.78. The van der Waals surface area contributed by atoms with Crippen LogP contribution in [0, 0.1) is 0 Å². The van der Waals surface area contributed by atoms with E-state index in [0.717, 1.165) is 37.1 Å². The second-order valence-corrected chi connectivity index (χ2v) is 8.03. The van der Waals surface area contributed by atoms with Crippen LogP contribution in [0.4, 0.5) is 0 Å². The van der Waals surface area contributed by atoms with Gasteiger partial charge in [0.05, 0.1) is 11.5 Å². The molecule has 1 saturated heterocycles. The molecule has 1 fully saturated rings.